The van der Waals surface area contributed by atoms with Crippen molar-refractivity contribution >= 4 is 51.1 Å². The zero-order valence-electron chi connectivity index (χ0n) is 27.1. The summed E-state index contributed by atoms with van der Waals surface area (Å²) >= 11 is 8.53. The Morgan fingerprint density at radius 3 is 2.10 bits per heavy atom. The van der Waals surface area contributed by atoms with Crippen molar-refractivity contribution in [3.63, 3.8) is 0 Å². The second-order valence-corrected chi connectivity index (χ2v) is 13.6. The second kappa shape index (κ2) is 20.3. The van der Waals surface area contributed by atoms with E-state index in [9.17, 15) is 18.4 Å². The van der Waals surface area contributed by atoms with Gasteiger partial charge in [-0.1, -0.05) is 0 Å². The molecule has 4 aromatic rings. The topological polar surface area (TPSA) is 157 Å². The van der Waals surface area contributed by atoms with Crippen LogP contribution in [0.5, 0.6) is 0 Å². The van der Waals surface area contributed by atoms with E-state index >= 15 is 0 Å². The highest BCUT2D eigenvalue weighted by molar-refractivity contribution is 7.15. The first-order chi connectivity index (χ1) is 23.6. The number of hydrogen-bond acceptors (Lipinski definition) is 14. The summed E-state index contributed by atoms with van der Waals surface area (Å²) in [5.41, 5.74) is 0. The number of hydrogen-bond donors (Lipinski definition) is 2. The van der Waals surface area contributed by atoms with Crippen LogP contribution in [0, 0.1) is 11.6 Å². The summed E-state index contributed by atoms with van der Waals surface area (Å²) in [6.07, 6.45) is 9.90. The molecule has 13 nitrogen and oxygen atoms in total. The van der Waals surface area contributed by atoms with E-state index in [-0.39, 0.29) is 23.9 Å². The first-order valence-corrected chi connectivity index (χ1v) is 17.6. The van der Waals surface area contributed by atoms with Crippen molar-refractivity contribution in [2.45, 2.75) is 57.7 Å². The Morgan fingerprint density at radius 1 is 0.898 bits per heavy atom. The maximum atomic E-state index is 12.9. The van der Waals surface area contributed by atoms with Gasteiger partial charge >= 0.3 is 0 Å². The van der Waals surface area contributed by atoms with Crippen molar-refractivity contribution in [1.82, 2.24) is 40.1 Å². The lowest BCUT2D eigenvalue weighted by molar-refractivity contribution is -0.116. The molecule has 2 atom stereocenters. The predicted molar refractivity (Wildman–Crippen MR) is 181 cm³/mol. The van der Waals surface area contributed by atoms with Crippen molar-refractivity contribution < 1.29 is 27.8 Å². The average molecular weight is 738 g/mol. The fourth-order valence-corrected chi connectivity index (χ4v) is 6.59. The van der Waals surface area contributed by atoms with Crippen molar-refractivity contribution in [1.29, 1.82) is 0 Å². The molecule has 0 bridgehead atoms. The number of amides is 1. The van der Waals surface area contributed by atoms with Crippen molar-refractivity contribution in [2.24, 2.45) is 0 Å². The van der Waals surface area contributed by atoms with Crippen LogP contribution in [0.15, 0.2) is 37.2 Å². The Morgan fingerprint density at radius 2 is 1.53 bits per heavy atom. The highest BCUT2D eigenvalue weighted by atomic mass is 35.5. The van der Waals surface area contributed by atoms with Gasteiger partial charge in [-0.2, -0.15) is 0 Å². The molecular formula is C31H38ClF2N9O4S2. The third-order valence-electron chi connectivity index (χ3n) is 6.74. The van der Waals surface area contributed by atoms with Crippen molar-refractivity contribution in [3.05, 3.63) is 75.2 Å². The third-order valence-corrected chi connectivity index (χ3v) is 9.09. The lowest BCUT2D eigenvalue weighted by atomic mass is 10.2. The quantitative estimate of drug-likeness (QED) is 0.228. The van der Waals surface area contributed by atoms with E-state index in [2.05, 4.69) is 45.4 Å². The Balaban J connectivity index is 0.000000183. The SMILES string of the molecule is CC(=O)Cc1ncc(CCl)s1.CC(=O)Nc1ncc(CN2CCO[C@H](Cc3ncc(F)cn3)C2)s1.Fc1cnc(C[C@@H]2CNCCO2)nc1. The molecule has 4 aromatic heterocycles. The maximum Gasteiger partial charge on any atom is 0.223 e. The van der Waals surface area contributed by atoms with E-state index in [1.807, 2.05) is 0 Å². The number of morpholine rings is 2. The molecule has 2 saturated heterocycles. The molecule has 2 N–H and O–H groups in total. The molecule has 0 saturated carbocycles. The number of carbonyl (C=O) groups is 2. The standard InChI is InChI=1S/C15H18FN5O2S.C9H12FN3O.C7H8ClNOS/c1-10(22)20-15-19-7-13(24-15)9-21-2-3-23-12(8-21)4-14-17-5-11(16)6-18-14;10-7-4-12-9(13-5-7)3-8-6-11-1-2-14-8;1-5(10)2-7-9-4-6(3-8)11-7/h5-7,12H,2-4,8-9H2,1H3,(H,19,20,22);4-5,8,11H,1-3,6H2;4H,2-3H2,1H3/t12-;8-;/m11./s1. The van der Waals surface area contributed by atoms with Crippen LogP contribution in [0.1, 0.15) is 40.3 Å². The average Bonchev–Trinajstić information content (AvgIpc) is 3.73. The van der Waals surface area contributed by atoms with Gasteiger partial charge in [-0.05, 0) is 6.92 Å². The molecule has 2 aliphatic rings. The Labute approximate surface area is 295 Å². The normalized spacial score (nSPS) is 17.7. The van der Waals surface area contributed by atoms with Crippen molar-refractivity contribution in [2.75, 3.05) is 44.7 Å². The molecule has 49 heavy (non-hydrogen) atoms. The number of ketones is 1. The molecule has 1 amide bonds. The van der Waals surface area contributed by atoms with E-state index in [1.165, 1.54) is 54.4 Å². The smallest absolute Gasteiger partial charge is 0.223 e. The van der Waals surface area contributed by atoms with E-state index < -0.39 is 11.6 Å². The zero-order valence-corrected chi connectivity index (χ0v) is 29.5. The number of carbonyl (C=O) groups excluding carboxylic acids is 2. The van der Waals surface area contributed by atoms with Crippen LogP contribution in [0.25, 0.3) is 0 Å². The molecule has 2 fully saturated rings. The van der Waals surface area contributed by atoms with Crippen LogP contribution in [0.3, 0.4) is 0 Å². The minimum absolute atomic E-state index is 0.0213. The van der Waals surface area contributed by atoms with E-state index in [0.717, 1.165) is 47.5 Å². The van der Waals surface area contributed by atoms with Gasteiger partial charge in [0.05, 0.1) is 62.5 Å². The van der Waals surface area contributed by atoms with Gasteiger partial charge in [0.1, 0.15) is 22.4 Å². The fraction of sp³-hybridized carbons (Fsp3) is 0.484. The number of ether oxygens (including phenoxy) is 2. The molecule has 2 aliphatic heterocycles. The minimum atomic E-state index is -0.440. The number of nitrogens with zero attached hydrogens (tertiary/aromatic N) is 7. The number of aromatic nitrogens is 6. The zero-order chi connectivity index (χ0) is 35.0. The Bertz CT molecular complexity index is 1590. The molecule has 264 valence electrons. The maximum absolute atomic E-state index is 12.9. The van der Waals surface area contributed by atoms with Crippen molar-refractivity contribution in [3.8, 4) is 0 Å². The number of anilines is 1. The van der Waals surface area contributed by atoms with E-state index in [1.54, 1.807) is 19.3 Å². The van der Waals surface area contributed by atoms with Crippen LogP contribution in [-0.4, -0.2) is 98.1 Å². The molecule has 0 spiro atoms. The van der Waals surface area contributed by atoms with Crippen LogP contribution in [0.4, 0.5) is 13.9 Å². The largest absolute Gasteiger partial charge is 0.375 e. The van der Waals surface area contributed by atoms with Crippen LogP contribution < -0.4 is 10.6 Å². The first-order valence-electron chi connectivity index (χ1n) is 15.5. The number of thiazole rings is 2. The monoisotopic (exact) mass is 737 g/mol. The molecule has 0 radical (unpaired) electrons. The predicted octanol–water partition coefficient (Wildman–Crippen LogP) is 3.63. The number of alkyl halides is 1. The van der Waals surface area contributed by atoms with Gasteiger partial charge in [-0.3, -0.25) is 14.5 Å². The van der Waals surface area contributed by atoms with Gasteiger partial charge in [0.15, 0.2) is 16.8 Å². The molecule has 0 aliphatic carbocycles. The molecule has 0 unspecified atom stereocenters. The van der Waals surface area contributed by atoms with E-state index in [0.29, 0.717) is 55.1 Å². The van der Waals surface area contributed by atoms with Gasteiger partial charge in [0.25, 0.3) is 0 Å². The third kappa shape index (κ3) is 14.5. The molecular weight excluding hydrogens is 700 g/mol. The number of nitrogens with one attached hydrogen (secondary N) is 2. The Kier molecular flexibility index (Phi) is 15.9. The molecule has 18 heteroatoms. The lowest BCUT2D eigenvalue weighted by Crippen LogP contribution is -2.42. The highest BCUT2D eigenvalue weighted by Crippen LogP contribution is 2.21. The van der Waals surface area contributed by atoms with Gasteiger partial charge in [0, 0.05) is 74.6 Å². The van der Waals surface area contributed by atoms with Crippen LogP contribution in [0.2, 0.25) is 0 Å². The number of halogens is 3. The summed E-state index contributed by atoms with van der Waals surface area (Å²) in [7, 11) is 0. The van der Waals surface area contributed by atoms with Gasteiger partial charge < -0.3 is 20.1 Å². The molecule has 0 aromatic carbocycles. The highest BCUT2D eigenvalue weighted by Gasteiger charge is 2.22. The number of Topliss-reactive ketones (excluding diaryl/α,β-unsaturated/α-hetero) is 1. The fourth-order valence-electron chi connectivity index (χ4n) is 4.61. The van der Waals surface area contributed by atoms with Gasteiger partial charge in [-0.25, -0.2) is 38.7 Å². The van der Waals surface area contributed by atoms with Gasteiger partial charge in [0.2, 0.25) is 5.91 Å². The summed E-state index contributed by atoms with van der Waals surface area (Å²) in [5, 5.41) is 7.37. The summed E-state index contributed by atoms with van der Waals surface area (Å²) in [5.74, 6) is 0.855. The summed E-state index contributed by atoms with van der Waals surface area (Å²) in [6.45, 7) is 8.38. The first kappa shape index (κ1) is 38.4. The minimum Gasteiger partial charge on any atom is -0.375 e. The van der Waals surface area contributed by atoms with Gasteiger partial charge in [-0.15, -0.1) is 34.3 Å². The molecule has 6 heterocycles. The van der Waals surface area contributed by atoms with E-state index in [4.69, 9.17) is 21.1 Å². The van der Waals surface area contributed by atoms with Crippen LogP contribution in [-0.2, 0) is 50.8 Å². The summed E-state index contributed by atoms with van der Waals surface area (Å²) in [6, 6.07) is 0. The summed E-state index contributed by atoms with van der Waals surface area (Å²) < 4.78 is 36.6. The Hall–Kier alpha value is -3.45. The molecule has 6 rings (SSSR count). The lowest BCUT2D eigenvalue weighted by Gasteiger charge is -2.32. The van der Waals surface area contributed by atoms with Crippen LogP contribution >= 0.6 is 34.3 Å². The summed E-state index contributed by atoms with van der Waals surface area (Å²) in [4.78, 5) is 50.0. The number of rotatable bonds is 10. The second-order valence-electron chi connectivity index (χ2n) is 11.0.